The minimum absolute atomic E-state index is 0.260. The number of piperazine rings is 1. The molecule has 2 fully saturated rings. The number of hydrogen-bond acceptors (Lipinski definition) is 8. The van der Waals surface area contributed by atoms with Crippen LogP contribution < -0.4 is 10.2 Å². The number of rotatable bonds is 6. The number of likely N-dealkylation sites (N-methyl/N-ethyl adjacent to an activating group) is 1. The number of anilines is 2. The van der Waals surface area contributed by atoms with Crippen LogP contribution in [0.5, 0.6) is 0 Å². The number of benzene rings is 1. The van der Waals surface area contributed by atoms with Gasteiger partial charge in [0, 0.05) is 67.1 Å². The van der Waals surface area contributed by atoms with Crippen LogP contribution in [-0.4, -0.2) is 79.6 Å². The largest absolute Gasteiger partial charge is 0.374 e. The van der Waals surface area contributed by atoms with E-state index in [2.05, 4.69) is 47.3 Å². The summed E-state index contributed by atoms with van der Waals surface area (Å²) in [6, 6.07) is 6.93. The summed E-state index contributed by atoms with van der Waals surface area (Å²) in [7, 11) is 2.12. The van der Waals surface area contributed by atoms with Gasteiger partial charge in [0.15, 0.2) is 11.6 Å². The molecule has 2 aliphatic rings. The van der Waals surface area contributed by atoms with Crippen LogP contribution in [0.2, 0.25) is 0 Å². The van der Waals surface area contributed by atoms with Gasteiger partial charge in [-0.2, -0.15) is 5.10 Å². The van der Waals surface area contributed by atoms with Crippen LogP contribution in [0.15, 0.2) is 42.9 Å². The third-order valence-corrected chi connectivity index (χ3v) is 7.49. The molecule has 0 spiro atoms. The molecule has 10 nitrogen and oxygen atoms in total. The van der Waals surface area contributed by atoms with Crippen molar-refractivity contribution < 1.29 is 9.50 Å². The predicted octanol–water partition coefficient (Wildman–Crippen LogP) is 3.59. The first-order valence-electron chi connectivity index (χ1n) is 12.9. The number of nitrogens with one attached hydrogen (secondary N) is 3. The number of halogens is 1. The minimum Gasteiger partial charge on any atom is -0.374 e. The summed E-state index contributed by atoms with van der Waals surface area (Å²) in [4.78, 5) is 21.8. The Kier molecular flexibility index (Phi) is 5.48. The summed E-state index contributed by atoms with van der Waals surface area (Å²) in [5.74, 6) is 1.32. The first-order valence-corrected chi connectivity index (χ1v) is 12.9. The molecule has 1 saturated carbocycles. The Balaban J connectivity index is 1.26. The molecule has 11 heteroatoms. The fourth-order valence-electron chi connectivity index (χ4n) is 5.09. The fourth-order valence-corrected chi connectivity index (χ4v) is 5.09. The van der Waals surface area contributed by atoms with Crippen LogP contribution in [0.1, 0.15) is 12.8 Å². The van der Waals surface area contributed by atoms with Gasteiger partial charge in [0.2, 0.25) is 0 Å². The molecule has 1 aliphatic heterocycles. The van der Waals surface area contributed by atoms with Crippen molar-refractivity contribution in [3.63, 3.8) is 0 Å². The molecule has 0 radical (unpaired) electrons. The Morgan fingerprint density at radius 3 is 2.76 bits per heavy atom. The summed E-state index contributed by atoms with van der Waals surface area (Å²) in [5.41, 5.74) is 4.50. The van der Waals surface area contributed by atoms with Crippen LogP contribution in [0.3, 0.4) is 0 Å². The van der Waals surface area contributed by atoms with Gasteiger partial charge in [-0.25, -0.2) is 14.4 Å². The summed E-state index contributed by atoms with van der Waals surface area (Å²) >= 11 is 0. The van der Waals surface area contributed by atoms with Crippen LogP contribution in [0.25, 0.3) is 44.6 Å². The van der Waals surface area contributed by atoms with Gasteiger partial charge in [-0.3, -0.25) is 10.1 Å². The number of aliphatic hydroxyl groups excluding tert-OH is 1. The molecular weight excluding hydrogens is 485 g/mol. The monoisotopic (exact) mass is 513 g/mol. The zero-order valence-corrected chi connectivity index (χ0v) is 20.9. The van der Waals surface area contributed by atoms with E-state index in [1.165, 1.54) is 6.07 Å². The number of fused-ring (bicyclic) bond motifs is 2. The average molecular weight is 514 g/mol. The van der Waals surface area contributed by atoms with Crippen molar-refractivity contribution in [2.24, 2.45) is 5.92 Å². The third-order valence-electron chi connectivity index (χ3n) is 7.49. The number of hydrogen-bond donors (Lipinski definition) is 4. The van der Waals surface area contributed by atoms with Crippen molar-refractivity contribution in [3.05, 3.63) is 48.7 Å². The molecule has 1 saturated heterocycles. The molecule has 0 amide bonds. The quantitative estimate of drug-likeness (QED) is 0.254. The van der Waals surface area contributed by atoms with Crippen LogP contribution in [0.4, 0.5) is 15.9 Å². The highest BCUT2D eigenvalue weighted by atomic mass is 19.1. The van der Waals surface area contributed by atoms with Crippen LogP contribution in [0, 0.1) is 11.7 Å². The maximum absolute atomic E-state index is 15.2. The lowest BCUT2D eigenvalue weighted by Gasteiger charge is -2.33. The second-order valence-corrected chi connectivity index (χ2v) is 10.2. The van der Waals surface area contributed by atoms with E-state index in [1.807, 2.05) is 6.07 Å². The fraction of sp³-hybridized carbons (Fsp3) is 0.333. The molecule has 5 heterocycles. The highest BCUT2D eigenvalue weighted by Crippen LogP contribution is 2.35. The van der Waals surface area contributed by atoms with E-state index >= 15 is 4.39 Å². The third kappa shape index (κ3) is 4.13. The highest BCUT2D eigenvalue weighted by molar-refractivity contribution is 5.97. The number of pyridine rings is 2. The molecule has 7 rings (SSSR count). The van der Waals surface area contributed by atoms with Gasteiger partial charge < -0.3 is 25.2 Å². The maximum atomic E-state index is 15.2. The van der Waals surface area contributed by atoms with Crippen molar-refractivity contribution in [2.45, 2.75) is 19.1 Å². The number of aliphatic hydroxyl groups is 1. The van der Waals surface area contributed by atoms with Crippen molar-refractivity contribution >= 4 is 33.4 Å². The van der Waals surface area contributed by atoms with Crippen molar-refractivity contribution in [1.82, 2.24) is 35.0 Å². The smallest absolute Gasteiger partial charge is 0.159 e. The van der Waals surface area contributed by atoms with Crippen molar-refractivity contribution in [2.75, 3.05) is 43.4 Å². The Morgan fingerprint density at radius 2 is 1.95 bits per heavy atom. The standard InChI is InChI=1S/C27H28FN9O/c1-36-6-8-37(9-7-36)26-24-21(4-5-30-26)32-25(33-24)23-19-11-18(20(28)12-22(19)34-35-23)16-10-17(14-29-13-16)31-27(38)15-2-3-15/h4-5,10-15,27,31,38H,2-3,6-9H2,1H3,(H,32,33)(H,34,35). The van der Waals surface area contributed by atoms with E-state index in [0.29, 0.717) is 33.8 Å². The SMILES string of the molecule is CN1CCN(c2nccc3[nH]c(-c4n[nH]c5cc(F)c(-c6cncc(NC(O)C7CC7)c6)cc45)nc23)CC1. The van der Waals surface area contributed by atoms with Gasteiger partial charge in [-0.05, 0) is 38.1 Å². The summed E-state index contributed by atoms with van der Waals surface area (Å²) in [6.45, 7) is 3.72. The van der Waals surface area contributed by atoms with E-state index in [1.54, 1.807) is 30.7 Å². The van der Waals surface area contributed by atoms with E-state index in [-0.39, 0.29) is 11.7 Å². The second kappa shape index (κ2) is 9.03. The first kappa shape index (κ1) is 23.1. The average Bonchev–Trinajstić information content (AvgIpc) is 3.56. The number of aromatic amines is 2. The number of nitrogens with zero attached hydrogens (tertiary/aromatic N) is 6. The summed E-state index contributed by atoms with van der Waals surface area (Å²) in [6.07, 6.45) is 6.43. The van der Waals surface area contributed by atoms with E-state index in [0.717, 1.165) is 61.3 Å². The van der Waals surface area contributed by atoms with Crippen LogP contribution in [-0.2, 0) is 0 Å². The van der Waals surface area contributed by atoms with Gasteiger partial charge >= 0.3 is 0 Å². The van der Waals surface area contributed by atoms with Crippen molar-refractivity contribution in [3.8, 4) is 22.6 Å². The predicted molar refractivity (Wildman–Crippen MR) is 144 cm³/mol. The number of H-pyrrole nitrogens is 2. The van der Waals surface area contributed by atoms with E-state index in [9.17, 15) is 5.11 Å². The zero-order valence-electron chi connectivity index (χ0n) is 20.9. The zero-order chi connectivity index (χ0) is 25.8. The van der Waals surface area contributed by atoms with E-state index in [4.69, 9.17) is 4.98 Å². The Labute approximate surface area is 217 Å². The molecule has 38 heavy (non-hydrogen) atoms. The second-order valence-electron chi connectivity index (χ2n) is 10.2. The highest BCUT2D eigenvalue weighted by Gasteiger charge is 2.29. The minimum atomic E-state index is -0.627. The van der Waals surface area contributed by atoms with Gasteiger partial charge in [0.25, 0.3) is 0 Å². The molecule has 1 unspecified atom stereocenters. The molecule has 194 valence electrons. The van der Waals surface area contributed by atoms with Crippen LogP contribution >= 0.6 is 0 Å². The number of aromatic nitrogens is 6. The van der Waals surface area contributed by atoms with Crippen molar-refractivity contribution in [1.29, 1.82) is 0 Å². The molecular formula is C27H28FN9O. The molecule has 1 aromatic carbocycles. The molecule has 1 aliphatic carbocycles. The summed E-state index contributed by atoms with van der Waals surface area (Å²) < 4.78 is 15.2. The van der Waals surface area contributed by atoms with Gasteiger partial charge in [-0.15, -0.1) is 0 Å². The Morgan fingerprint density at radius 1 is 1.11 bits per heavy atom. The van der Waals surface area contributed by atoms with Gasteiger partial charge in [-0.1, -0.05) is 0 Å². The lowest BCUT2D eigenvalue weighted by atomic mass is 10.0. The first-order chi connectivity index (χ1) is 18.5. The molecule has 4 aromatic heterocycles. The number of imidazole rings is 1. The van der Waals surface area contributed by atoms with Gasteiger partial charge in [0.05, 0.1) is 22.9 Å². The topological polar surface area (TPSA) is 122 Å². The molecule has 1 atom stereocenters. The lowest BCUT2D eigenvalue weighted by Crippen LogP contribution is -2.44. The summed E-state index contributed by atoms with van der Waals surface area (Å²) in [5, 5.41) is 21.5. The Hall–Kier alpha value is -4.09. The molecule has 5 aromatic rings. The normalized spacial score (nSPS) is 17.4. The molecule has 4 N–H and O–H groups in total. The maximum Gasteiger partial charge on any atom is 0.159 e. The Bertz CT molecular complexity index is 1630. The lowest BCUT2D eigenvalue weighted by molar-refractivity contribution is 0.180. The van der Waals surface area contributed by atoms with Gasteiger partial charge in [0.1, 0.15) is 23.3 Å². The van der Waals surface area contributed by atoms with E-state index < -0.39 is 6.23 Å². The molecule has 0 bridgehead atoms.